The van der Waals surface area contributed by atoms with E-state index in [1.165, 1.54) is 38.8 Å². The van der Waals surface area contributed by atoms with Crippen LogP contribution in [0.1, 0.15) is 53.4 Å². The zero-order chi connectivity index (χ0) is 11.1. The predicted molar refractivity (Wildman–Crippen MR) is 65.9 cm³/mol. The van der Waals surface area contributed by atoms with Gasteiger partial charge in [0, 0.05) is 12.6 Å². The smallest absolute Gasteiger partial charge is 0.00434 e. The van der Waals surface area contributed by atoms with Crippen molar-refractivity contribution in [2.75, 3.05) is 13.1 Å². The van der Waals surface area contributed by atoms with Crippen molar-refractivity contribution in [2.24, 2.45) is 17.3 Å². The lowest BCUT2D eigenvalue weighted by atomic mass is 9.55. The van der Waals surface area contributed by atoms with Crippen molar-refractivity contribution >= 4 is 0 Å². The van der Waals surface area contributed by atoms with Gasteiger partial charge in [-0.15, -0.1) is 0 Å². The molecule has 1 aliphatic carbocycles. The minimum atomic E-state index is 0.719. The summed E-state index contributed by atoms with van der Waals surface area (Å²) in [6, 6.07) is 0.746. The molecule has 15 heavy (non-hydrogen) atoms. The molecule has 1 aliphatic heterocycles. The summed E-state index contributed by atoms with van der Waals surface area (Å²) in [6.07, 6.45) is 5.92. The van der Waals surface area contributed by atoms with Crippen LogP contribution in [-0.4, -0.2) is 24.0 Å². The van der Waals surface area contributed by atoms with Crippen molar-refractivity contribution in [3.8, 4) is 0 Å². The number of hydrogen-bond acceptors (Lipinski definition) is 1. The van der Waals surface area contributed by atoms with E-state index in [9.17, 15) is 0 Å². The highest BCUT2D eigenvalue weighted by molar-refractivity contribution is 5.00. The van der Waals surface area contributed by atoms with Crippen molar-refractivity contribution in [1.29, 1.82) is 0 Å². The third kappa shape index (κ3) is 1.95. The molecular formula is C14H27N. The first-order valence-corrected chi connectivity index (χ1v) is 6.79. The molecule has 1 heteroatoms. The van der Waals surface area contributed by atoms with Crippen molar-refractivity contribution in [3.05, 3.63) is 0 Å². The molecule has 0 amide bonds. The first-order chi connectivity index (χ1) is 7.05. The first-order valence-electron chi connectivity index (χ1n) is 6.79. The Balaban J connectivity index is 2.07. The molecule has 0 radical (unpaired) electrons. The van der Waals surface area contributed by atoms with Gasteiger partial charge in [0.25, 0.3) is 0 Å². The number of rotatable bonds is 2. The maximum atomic E-state index is 2.71. The normalized spacial score (nSPS) is 31.2. The van der Waals surface area contributed by atoms with Crippen LogP contribution < -0.4 is 0 Å². The van der Waals surface area contributed by atoms with E-state index in [1.807, 2.05) is 0 Å². The predicted octanol–water partition coefficient (Wildman–Crippen LogP) is 3.54. The molecule has 1 nitrogen and oxygen atoms in total. The Morgan fingerprint density at radius 2 is 1.80 bits per heavy atom. The van der Waals surface area contributed by atoms with Gasteiger partial charge in [0.05, 0.1) is 0 Å². The molecule has 0 N–H and O–H groups in total. The maximum absolute atomic E-state index is 2.71. The standard InChI is InChI=1S/C14H27N/c1-11(2)13-6-9-15(12(3)4)10-14(13)7-5-8-14/h11-13H,5-10H2,1-4H3/t13-/m0/s1. The number of piperidine rings is 1. The van der Waals surface area contributed by atoms with E-state index < -0.39 is 0 Å². The summed E-state index contributed by atoms with van der Waals surface area (Å²) < 4.78 is 0. The third-order valence-electron chi connectivity index (χ3n) is 4.92. The Morgan fingerprint density at radius 1 is 1.13 bits per heavy atom. The Morgan fingerprint density at radius 3 is 2.20 bits per heavy atom. The second-order valence-corrected chi connectivity index (χ2v) is 6.42. The molecule has 1 spiro atoms. The highest BCUT2D eigenvalue weighted by Gasteiger charge is 2.48. The minimum Gasteiger partial charge on any atom is -0.300 e. The van der Waals surface area contributed by atoms with Crippen molar-refractivity contribution < 1.29 is 0 Å². The SMILES string of the molecule is CC(C)[C@@H]1CCN(C(C)C)CC12CCC2. The van der Waals surface area contributed by atoms with Crippen LogP contribution in [0.2, 0.25) is 0 Å². The van der Waals surface area contributed by atoms with E-state index in [1.54, 1.807) is 0 Å². The first kappa shape index (κ1) is 11.4. The molecule has 0 aromatic carbocycles. The van der Waals surface area contributed by atoms with Gasteiger partial charge in [0.2, 0.25) is 0 Å². The molecule has 0 aromatic rings. The number of hydrogen-bond donors (Lipinski definition) is 0. The largest absolute Gasteiger partial charge is 0.300 e. The van der Waals surface area contributed by atoms with Crippen LogP contribution in [0.4, 0.5) is 0 Å². The fourth-order valence-electron chi connectivity index (χ4n) is 3.85. The Kier molecular flexibility index (Phi) is 3.12. The molecule has 2 aliphatic rings. The van der Waals surface area contributed by atoms with Crippen LogP contribution in [0.5, 0.6) is 0 Å². The fraction of sp³-hybridized carbons (Fsp3) is 1.00. The van der Waals surface area contributed by atoms with Crippen LogP contribution >= 0.6 is 0 Å². The zero-order valence-electron chi connectivity index (χ0n) is 10.9. The van der Waals surface area contributed by atoms with E-state index >= 15 is 0 Å². The van der Waals surface area contributed by atoms with Gasteiger partial charge in [-0.3, -0.25) is 0 Å². The van der Waals surface area contributed by atoms with Crippen LogP contribution in [0, 0.1) is 17.3 Å². The van der Waals surface area contributed by atoms with Gasteiger partial charge in [0.1, 0.15) is 0 Å². The highest BCUT2D eigenvalue weighted by Crippen LogP contribution is 2.53. The molecule has 1 saturated carbocycles. The summed E-state index contributed by atoms with van der Waals surface area (Å²) in [5.41, 5.74) is 0.719. The Bertz CT molecular complexity index is 215. The van der Waals surface area contributed by atoms with E-state index in [0.29, 0.717) is 0 Å². The average molecular weight is 209 g/mol. The lowest BCUT2D eigenvalue weighted by Gasteiger charge is -2.56. The summed E-state index contributed by atoms with van der Waals surface area (Å²) in [6.45, 7) is 12.3. The maximum Gasteiger partial charge on any atom is 0.00434 e. The summed E-state index contributed by atoms with van der Waals surface area (Å²) in [4.78, 5) is 2.71. The van der Waals surface area contributed by atoms with Crippen LogP contribution in [0.15, 0.2) is 0 Å². The Hall–Kier alpha value is -0.0400. The third-order valence-corrected chi connectivity index (χ3v) is 4.92. The lowest BCUT2D eigenvalue weighted by molar-refractivity contribution is -0.0642. The second-order valence-electron chi connectivity index (χ2n) is 6.42. The molecule has 88 valence electrons. The van der Waals surface area contributed by atoms with Crippen LogP contribution in [0.25, 0.3) is 0 Å². The molecule has 0 bridgehead atoms. The topological polar surface area (TPSA) is 3.24 Å². The second kappa shape index (κ2) is 4.08. The van der Waals surface area contributed by atoms with Gasteiger partial charge < -0.3 is 4.90 Å². The summed E-state index contributed by atoms with van der Waals surface area (Å²) in [5.74, 6) is 1.89. The zero-order valence-corrected chi connectivity index (χ0v) is 10.9. The monoisotopic (exact) mass is 209 g/mol. The lowest BCUT2D eigenvalue weighted by Crippen LogP contribution is -2.55. The fourth-order valence-corrected chi connectivity index (χ4v) is 3.85. The number of nitrogens with zero attached hydrogens (tertiary/aromatic N) is 1. The molecule has 0 aromatic heterocycles. The van der Waals surface area contributed by atoms with Crippen molar-refractivity contribution in [2.45, 2.75) is 59.4 Å². The highest BCUT2D eigenvalue weighted by atomic mass is 15.2. The quantitative estimate of drug-likeness (QED) is 0.672. The minimum absolute atomic E-state index is 0.719. The van der Waals surface area contributed by atoms with Gasteiger partial charge in [-0.05, 0) is 56.9 Å². The van der Waals surface area contributed by atoms with Gasteiger partial charge in [-0.25, -0.2) is 0 Å². The summed E-state index contributed by atoms with van der Waals surface area (Å²) in [5, 5.41) is 0. The van der Waals surface area contributed by atoms with Crippen LogP contribution in [0.3, 0.4) is 0 Å². The molecule has 1 saturated heterocycles. The van der Waals surface area contributed by atoms with Crippen molar-refractivity contribution in [1.82, 2.24) is 4.90 Å². The van der Waals surface area contributed by atoms with Gasteiger partial charge in [0.15, 0.2) is 0 Å². The van der Waals surface area contributed by atoms with Gasteiger partial charge >= 0.3 is 0 Å². The van der Waals surface area contributed by atoms with E-state index in [-0.39, 0.29) is 0 Å². The van der Waals surface area contributed by atoms with Crippen LogP contribution in [-0.2, 0) is 0 Å². The molecule has 1 atom stereocenters. The Labute approximate surface area is 95.2 Å². The van der Waals surface area contributed by atoms with E-state index in [2.05, 4.69) is 32.6 Å². The van der Waals surface area contributed by atoms with Crippen molar-refractivity contribution in [3.63, 3.8) is 0 Å². The molecular weight excluding hydrogens is 182 g/mol. The molecule has 0 unspecified atom stereocenters. The van der Waals surface area contributed by atoms with Gasteiger partial charge in [-0.2, -0.15) is 0 Å². The van der Waals surface area contributed by atoms with E-state index in [4.69, 9.17) is 0 Å². The molecule has 2 rings (SSSR count). The van der Waals surface area contributed by atoms with E-state index in [0.717, 1.165) is 23.3 Å². The number of likely N-dealkylation sites (tertiary alicyclic amines) is 1. The summed E-state index contributed by atoms with van der Waals surface area (Å²) in [7, 11) is 0. The summed E-state index contributed by atoms with van der Waals surface area (Å²) >= 11 is 0. The average Bonchev–Trinajstić information content (AvgIpc) is 2.14. The van der Waals surface area contributed by atoms with Gasteiger partial charge in [-0.1, -0.05) is 20.3 Å². The molecule has 2 fully saturated rings. The molecule has 1 heterocycles.